The highest BCUT2D eigenvalue weighted by molar-refractivity contribution is 5.21. The van der Waals surface area contributed by atoms with E-state index in [4.69, 9.17) is 15.0 Å². The van der Waals surface area contributed by atoms with Crippen molar-refractivity contribution in [1.29, 1.82) is 0 Å². The van der Waals surface area contributed by atoms with Crippen LogP contribution >= 0.6 is 0 Å². The summed E-state index contributed by atoms with van der Waals surface area (Å²) in [6.45, 7) is 2.52. The van der Waals surface area contributed by atoms with E-state index in [0.29, 0.717) is 18.3 Å². The molecule has 5 heteroatoms. The number of ether oxygens (including phenoxy) is 1. The SMILES string of the molecule is CC(COc1ccccc1)c1nc(C2(N)CCCC2)no1. The third kappa shape index (κ3) is 3.08. The van der Waals surface area contributed by atoms with Gasteiger partial charge in [-0.05, 0) is 25.0 Å². The lowest BCUT2D eigenvalue weighted by atomic mass is 9.98. The molecule has 1 aliphatic rings. The summed E-state index contributed by atoms with van der Waals surface area (Å²) in [5.41, 5.74) is 5.94. The summed E-state index contributed by atoms with van der Waals surface area (Å²) < 4.78 is 11.1. The van der Waals surface area contributed by atoms with Crippen molar-refractivity contribution < 1.29 is 9.26 Å². The van der Waals surface area contributed by atoms with Crippen LogP contribution in [0.25, 0.3) is 0 Å². The van der Waals surface area contributed by atoms with Crippen LogP contribution in [0.3, 0.4) is 0 Å². The summed E-state index contributed by atoms with van der Waals surface area (Å²) in [6.07, 6.45) is 4.13. The predicted octanol–water partition coefficient (Wildman–Crippen LogP) is 2.98. The normalized spacial score (nSPS) is 18.6. The highest BCUT2D eigenvalue weighted by Gasteiger charge is 2.36. The van der Waals surface area contributed by atoms with Crippen LogP contribution in [0.2, 0.25) is 0 Å². The monoisotopic (exact) mass is 287 g/mol. The molecule has 1 aliphatic carbocycles. The molecule has 1 atom stereocenters. The Morgan fingerprint density at radius 1 is 1.29 bits per heavy atom. The largest absolute Gasteiger partial charge is 0.493 e. The van der Waals surface area contributed by atoms with Crippen LogP contribution in [-0.4, -0.2) is 16.7 Å². The van der Waals surface area contributed by atoms with Crippen LogP contribution in [0.5, 0.6) is 5.75 Å². The summed E-state index contributed by atoms with van der Waals surface area (Å²) in [5.74, 6) is 2.12. The fourth-order valence-electron chi connectivity index (χ4n) is 2.68. The molecule has 1 saturated carbocycles. The van der Waals surface area contributed by atoms with Crippen molar-refractivity contribution in [2.45, 2.75) is 44.1 Å². The Kier molecular flexibility index (Phi) is 3.92. The number of nitrogens with two attached hydrogens (primary N) is 1. The van der Waals surface area contributed by atoms with Gasteiger partial charge in [0.05, 0.1) is 18.1 Å². The van der Waals surface area contributed by atoms with E-state index in [-0.39, 0.29) is 5.92 Å². The average molecular weight is 287 g/mol. The molecule has 1 aromatic heterocycles. The molecule has 1 heterocycles. The van der Waals surface area contributed by atoms with Crippen molar-refractivity contribution in [3.05, 3.63) is 42.0 Å². The van der Waals surface area contributed by atoms with Gasteiger partial charge < -0.3 is 15.0 Å². The summed E-state index contributed by atoms with van der Waals surface area (Å²) >= 11 is 0. The maximum absolute atomic E-state index is 6.34. The molecule has 3 rings (SSSR count). The minimum Gasteiger partial charge on any atom is -0.493 e. The second kappa shape index (κ2) is 5.85. The lowest BCUT2D eigenvalue weighted by Crippen LogP contribution is -2.34. The number of nitrogens with zero attached hydrogens (tertiary/aromatic N) is 2. The summed E-state index contributed by atoms with van der Waals surface area (Å²) in [5, 5.41) is 4.08. The molecule has 2 aromatic rings. The first-order valence-electron chi connectivity index (χ1n) is 7.48. The van der Waals surface area contributed by atoms with Crippen molar-refractivity contribution in [2.24, 2.45) is 5.73 Å². The number of hydrogen-bond donors (Lipinski definition) is 1. The minimum absolute atomic E-state index is 0.0384. The minimum atomic E-state index is -0.401. The number of para-hydroxylation sites is 1. The smallest absolute Gasteiger partial charge is 0.232 e. The lowest BCUT2D eigenvalue weighted by molar-refractivity contribution is 0.259. The zero-order valence-corrected chi connectivity index (χ0v) is 12.3. The second-order valence-corrected chi connectivity index (χ2v) is 5.84. The number of hydrogen-bond acceptors (Lipinski definition) is 5. The molecular weight excluding hydrogens is 266 g/mol. The maximum atomic E-state index is 6.34. The third-order valence-corrected chi connectivity index (χ3v) is 4.05. The molecular formula is C16H21N3O2. The van der Waals surface area contributed by atoms with E-state index in [1.54, 1.807) is 0 Å². The number of benzene rings is 1. The molecule has 0 radical (unpaired) electrons. The van der Waals surface area contributed by atoms with E-state index in [1.807, 2.05) is 37.3 Å². The topological polar surface area (TPSA) is 74.2 Å². The van der Waals surface area contributed by atoms with Crippen LogP contribution in [0.15, 0.2) is 34.9 Å². The average Bonchev–Trinajstić information content (AvgIpc) is 3.16. The van der Waals surface area contributed by atoms with Gasteiger partial charge in [0, 0.05) is 0 Å². The van der Waals surface area contributed by atoms with E-state index in [9.17, 15) is 0 Å². The molecule has 112 valence electrons. The molecule has 0 saturated heterocycles. The van der Waals surface area contributed by atoms with Crippen LogP contribution in [-0.2, 0) is 5.54 Å². The van der Waals surface area contributed by atoms with Crippen molar-refractivity contribution in [2.75, 3.05) is 6.61 Å². The first-order valence-corrected chi connectivity index (χ1v) is 7.48. The standard InChI is InChI=1S/C16H21N3O2/c1-12(11-20-13-7-3-2-4-8-13)14-18-15(19-21-14)16(17)9-5-6-10-16/h2-4,7-8,12H,5-6,9-11,17H2,1H3. The van der Waals surface area contributed by atoms with Gasteiger partial charge in [0.1, 0.15) is 5.75 Å². The third-order valence-electron chi connectivity index (χ3n) is 4.05. The summed E-state index contributed by atoms with van der Waals surface area (Å²) in [4.78, 5) is 4.49. The Balaban J connectivity index is 1.63. The Bertz CT molecular complexity index is 576. The molecule has 5 nitrogen and oxygen atoms in total. The van der Waals surface area contributed by atoms with Gasteiger partial charge in [-0.2, -0.15) is 4.98 Å². The highest BCUT2D eigenvalue weighted by atomic mass is 16.5. The van der Waals surface area contributed by atoms with E-state index in [1.165, 1.54) is 0 Å². The number of aromatic nitrogens is 2. The molecule has 0 amide bonds. The molecule has 0 aliphatic heterocycles. The first kappa shape index (κ1) is 14.1. The zero-order valence-electron chi connectivity index (χ0n) is 12.3. The van der Waals surface area contributed by atoms with Crippen LogP contribution < -0.4 is 10.5 Å². The van der Waals surface area contributed by atoms with E-state index in [2.05, 4.69) is 10.1 Å². The van der Waals surface area contributed by atoms with Gasteiger partial charge in [-0.15, -0.1) is 0 Å². The van der Waals surface area contributed by atoms with Crippen LogP contribution in [0.1, 0.15) is 50.2 Å². The van der Waals surface area contributed by atoms with Crippen molar-refractivity contribution >= 4 is 0 Å². The maximum Gasteiger partial charge on any atom is 0.232 e. The number of rotatable bonds is 5. The molecule has 1 fully saturated rings. The van der Waals surface area contributed by atoms with Gasteiger partial charge in [-0.3, -0.25) is 0 Å². The van der Waals surface area contributed by atoms with Crippen molar-refractivity contribution in [3.8, 4) is 5.75 Å². The van der Waals surface area contributed by atoms with Gasteiger partial charge in [0.25, 0.3) is 0 Å². The van der Waals surface area contributed by atoms with Crippen molar-refractivity contribution in [1.82, 2.24) is 10.1 Å². The van der Waals surface area contributed by atoms with Gasteiger partial charge in [0.15, 0.2) is 5.82 Å². The van der Waals surface area contributed by atoms with Gasteiger partial charge in [-0.1, -0.05) is 43.1 Å². The molecule has 0 bridgehead atoms. The first-order chi connectivity index (χ1) is 10.2. The predicted molar refractivity (Wildman–Crippen MR) is 79.0 cm³/mol. The van der Waals surface area contributed by atoms with E-state index in [0.717, 1.165) is 31.4 Å². The molecule has 1 unspecified atom stereocenters. The fourth-order valence-corrected chi connectivity index (χ4v) is 2.68. The molecule has 0 spiro atoms. The second-order valence-electron chi connectivity index (χ2n) is 5.84. The summed E-state index contributed by atoms with van der Waals surface area (Å²) in [6, 6.07) is 9.72. The van der Waals surface area contributed by atoms with Crippen molar-refractivity contribution in [3.63, 3.8) is 0 Å². The van der Waals surface area contributed by atoms with Crippen LogP contribution in [0, 0.1) is 0 Å². The van der Waals surface area contributed by atoms with Gasteiger partial charge >= 0.3 is 0 Å². The molecule has 2 N–H and O–H groups in total. The van der Waals surface area contributed by atoms with E-state index >= 15 is 0 Å². The summed E-state index contributed by atoms with van der Waals surface area (Å²) in [7, 11) is 0. The quantitative estimate of drug-likeness (QED) is 0.915. The zero-order chi connectivity index (χ0) is 14.7. The Hall–Kier alpha value is -1.88. The lowest BCUT2D eigenvalue weighted by Gasteiger charge is -2.17. The molecule has 1 aromatic carbocycles. The Morgan fingerprint density at radius 2 is 2.00 bits per heavy atom. The van der Waals surface area contributed by atoms with Crippen LogP contribution in [0.4, 0.5) is 0 Å². The highest BCUT2D eigenvalue weighted by Crippen LogP contribution is 2.35. The van der Waals surface area contributed by atoms with Gasteiger partial charge in [-0.25, -0.2) is 0 Å². The fraction of sp³-hybridized carbons (Fsp3) is 0.500. The Labute approximate surface area is 124 Å². The molecule has 21 heavy (non-hydrogen) atoms. The van der Waals surface area contributed by atoms with Gasteiger partial charge in [0.2, 0.25) is 5.89 Å². The van der Waals surface area contributed by atoms with E-state index < -0.39 is 5.54 Å². The Morgan fingerprint density at radius 3 is 2.71 bits per heavy atom.